The molecule has 1 aromatic heterocycles. The first-order chi connectivity index (χ1) is 6.72. The fourth-order valence-corrected chi connectivity index (χ4v) is 1.01. The quantitative estimate of drug-likeness (QED) is 0.638. The van der Waals surface area contributed by atoms with Crippen molar-refractivity contribution in [1.82, 2.24) is 25.4 Å². The van der Waals surface area contributed by atoms with E-state index in [1.165, 1.54) is 0 Å². The van der Waals surface area contributed by atoms with Crippen molar-refractivity contribution in [2.75, 3.05) is 13.1 Å². The van der Waals surface area contributed by atoms with Crippen LogP contribution >= 0.6 is 0 Å². The van der Waals surface area contributed by atoms with Crippen molar-refractivity contribution in [3.05, 3.63) is 12.2 Å². The van der Waals surface area contributed by atoms with E-state index in [-0.39, 0.29) is 5.91 Å². The van der Waals surface area contributed by atoms with E-state index in [1.54, 1.807) is 18.1 Å². The molecule has 1 amide bonds. The Morgan fingerprint density at radius 1 is 1.64 bits per heavy atom. The van der Waals surface area contributed by atoms with Crippen molar-refractivity contribution >= 4 is 5.91 Å². The van der Waals surface area contributed by atoms with Crippen LogP contribution in [0.15, 0.2) is 6.33 Å². The maximum absolute atomic E-state index is 11.0. The molecule has 1 rings (SSSR count). The average molecular weight is 197 g/mol. The van der Waals surface area contributed by atoms with E-state index in [0.29, 0.717) is 25.5 Å². The van der Waals surface area contributed by atoms with Gasteiger partial charge in [-0.05, 0) is 6.92 Å². The Hall–Kier alpha value is -1.43. The van der Waals surface area contributed by atoms with Gasteiger partial charge in [-0.3, -0.25) is 9.48 Å². The largest absolute Gasteiger partial charge is 0.355 e. The predicted octanol–water partition coefficient (Wildman–Crippen LogP) is -0.959. The molecular weight excluding hydrogens is 182 g/mol. The van der Waals surface area contributed by atoms with Crippen LogP contribution in [0, 0.1) is 0 Å². The summed E-state index contributed by atoms with van der Waals surface area (Å²) < 4.78 is 1.63. The number of nitrogens with one attached hydrogen (secondary N) is 2. The fourth-order valence-electron chi connectivity index (χ4n) is 1.01. The van der Waals surface area contributed by atoms with Gasteiger partial charge in [0.1, 0.15) is 6.33 Å². The molecular formula is C8H15N5O. The van der Waals surface area contributed by atoms with Crippen LogP contribution in [-0.2, 0) is 18.4 Å². The molecule has 6 heteroatoms. The summed E-state index contributed by atoms with van der Waals surface area (Å²) in [4.78, 5) is 15.0. The molecule has 0 saturated carbocycles. The zero-order chi connectivity index (χ0) is 10.4. The summed E-state index contributed by atoms with van der Waals surface area (Å²) in [7, 11) is 1.81. The second-order valence-corrected chi connectivity index (χ2v) is 2.89. The molecule has 2 N–H and O–H groups in total. The maximum atomic E-state index is 11.0. The lowest BCUT2D eigenvalue weighted by atomic mass is 10.5. The van der Waals surface area contributed by atoms with E-state index in [0.717, 1.165) is 0 Å². The van der Waals surface area contributed by atoms with E-state index >= 15 is 0 Å². The monoisotopic (exact) mass is 197 g/mol. The van der Waals surface area contributed by atoms with E-state index < -0.39 is 0 Å². The summed E-state index contributed by atoms with van der Waals surface area (Å²) in [6.45, 7) is 3.35. The lowest BCUT2D eigenvalue weighted by molar-refractivity contribution is -0.120. The summed E-state index contributed by atoms with van der Waals surface area (Å²) in [5.74, 6) is 0.681. The van der Waals surface area contributed by atoms with Gasteiger partial charge in [0.15, 0.2) is 5.82 Å². The van der Waals surface area contributed by atoms with Crippen molar-refractivity contribution in [2.24, 2.45) is 7.05 Å². The summed E-state index contributed by atoms with van der Waals surface area (Å²) in [5.41, 5.74) is 0. The number of aryl methyl sites for hydroxylation is 1. The summed E-state index contributed by atoms with van der Waals surface area (Å²) in [5, 5.41) is 9.70. The Labute approximate surface area is 82.7 Å². The van der Waals surface area contributed by atoms with Gasteiger partial charge in [-0.1, -0.05) is 0 Å². The number of hydrogen-bond acceptors (Lipinski definition) is 4. The fraction of sp³-hybridized carbons (Fsp3) is 0.625. The van der Waals surface area contributed by atoms with Crippen LogP contribution in [0.2, 0.25) is 0 Å². The van der Waals surface area contributed by atoms with Crippen LogP contribution < -0.4 is 10.6 Å². The second kappa shape index (κ2) is 5.33. The van der Waals surface area contributed by atoms with Gasteiger partial charge in [0.05, 0.1) is 13.1 Å². The number of likely N-dealkylation sites (N-methyl/N-ethyl adjacent to an activating group) is 1. The zero-order valence-electron chi connectivity index (χ0n) is 8.45. The third-order valence-electron chi connectivity index (χ3n) is 1.59. The second-order valence-electron chi connectivity index (χ2n) is 2.89. The molecule has 1 heterocycles. The van der Waals surface area contributed by atoms with Gasteiger partial charge in [0, 0.05) is 13.6 Å². The molecule has 78 valence electrons. The SMILES string of the molecule is CCNC(=O)CNCc1ncn(C)n1. The van der Waals surface area contributed by atoms with Crippen molar-refractivity contribution in [1.29, 1.82) is 0 Å². The number of rotatable bonds is 5. The van der Waals surface area contributed by atoms with Crippen molar-refractivity contribution in [3.8, 4) is 0 Å². The van der Waals surface area contributed by atoms with Crippen molar-refractivity contribution < 1.29 is 4.79 Å². The van der Waals surface area contributed by atoms with Gasteiger partial charge in [0.25, 0.3) is 0 Å². The summed E-state index contributed by atoms with van der Waals surface area (Å²) in [6, 6.07) is 0. The van der Waals surface area contributed by atoms with Crippen LogP contribution in [0.3, 0.4) is 0 Å². The minimum absolute atomic E-state index is 0.0107. The highest BCUT2D eigenvalue weighted by atomic mass is 16.1. The molecule has 0 unspecified atom stereocenters. The Morgan fingerprint density at radius 2 is 2.43 bits per heavy atom. The molecule has 6 nitrogen and oxygen atoms in total. The Kier molecular flexibility index (Phi) is 4.06. The molecule has 0 aromatic carbocycles. The molecule has 1 aromatic rings. The van der Waals surface area contributed by atoms with Gasteiger partial charge < -0.3 is 10.6 Å². The van der Waals surface area contributed by atoms with E-state index in [2.05, 4.69) is 20.7 Å². The molecule has 0 spiro atoms. The van der Waals surface area contributed by atoms with E-state index in [9.17, 15) is 4.79 Å². The maximum Gasteiger partial charge on any atom is 0.233 e. The Balaban J connectivity index is 2.18. The van der Waals surface area contributed by atoms with Gasteiger partial charge in [-0.25, -0.2) is 4.98 Å². The smallest absolute Gasteiger partial charge is 0.233 e. The highest BCUT2D eigenvalue weighted by Gasteiger charge is 2.00. The average Bonchev–Trinajstić information content (AvgIpc) is 2.52. The first-order valence-electron chi connectivity index (χ1n) is 4.54. The first kappa shape index (κ1) is 10.6. The number of amides is 1. The van der Waals surface area contributed by atoms with Crippen LogP contribution in [0.25, 0.3) is 0 Å². The van der Waals surface area contributed by atoms with E-state index in [1.807, 2.05) is 6.92 Å². The number of carbonyl (C=O) groups is 1. The third-order valence-corrected chi connectivity index (χ3v) is 1.59. The van der Waals surface area contributed by atoms with E-state index in [4.69, 9.17) is 0 Å². The molecule has 0 bridgehead atoms. The highest BCUT2D eigenvalue weighted by molar-refractivity contribution is 5.77. The van der Waals surface area contributed by atoms with Gasteiger partial charge in [0.2, 0.25) is 5.91 Å². The van der Waals surface area contributed by atoms with Crippen LogP contribution in [0.4, 0.5) is 0 Å². The summed E-state index contributed by atoms with van der Waals surface area (Å²) in [6.07, 6.45) is 1.63. The predicted molar refractivity (Wildman–Crippen MR) is 51.4 cm³/mol. The molecule has 0 fully saturated rings. The molecule has 0 aliphatic rings. The minimum Gasteiger partial charge on any atom is -0.355 e. The minimum atomic E-state index is -0.0107. The third kappa shape index (κ3) is 3.53. The zero-order valence-corrected chi connectivity index (χ0v) is 8.45. The molecule has 0 aliphatic carbocycles. The molecule has 0 radical (unpaired) electrons. The van der Waals surface area contributed by atoms with Crippen molar-refractivity contribution in [3.63, 3.8) is 0 Å². The van der Waals surface area contributed by atoms with Gasteiger partial charge in [-0.15, -0.1) is 0 Å². The number of nitrogens with zero attached hydrogens (tertiary/aromatic N) is 3. The molecule has 14 heavy (non-hydrogen) atoms. The van der Waals surface area contributed by atoms with Gasteiger partial charge in [-0.2, -0.15) is 5.10 Å². The Bertz CT molecular complexity index is 296. The normalized spacial score (nSPS) is 10.1. The topological polar surface area (TPSA) is 71.8 Å². The Morgan fingerprint density at radius 3 is 3.00 bits per heavy atom. The number of carbonyl (C=O) groups excluding carboxylic acids is 1. The molecule has 0 saturated heterocycles. The molecule has 0 atom stereocenters. The van der Waals surface area contributed by atoms with Gasteiger partial charge >= 0.3 is 0 Å². The lowest BCUT2D eigenvalue weighted by Gasteiger charge is -2.01. The standard InChI is InChI=1S/C8H15N5O/c1-3-10-8(14)5-9-4-7-11-6-13(2)12-7/h6,9H,3-5H2,1-2H3,(H,10,14). The number of aromatic nitrogens is 3. The van der Waals surface area contributed by atoms with Crippen LogP contribution in [-0.4, -0.2) is 33.8 Å². The lowest BCUT2D eigenvalue weighted by Crippen LogP contribution is -2.33. The van der Waals surface area contributed by atoms with Crippen molar-refractivity contribution in [2.45, 2.75) is 13.5 Å². The summed E-state index contributed by atoms with van der Waals surface area (Å²) >= 11 is 0. The first-order valence-corrected chi connectivity index (χ1v) is 4.54. The highest BCUT2D eigenvalue weighted by Crippen LogP contribution is 1.85. The van der Waals surface area contributed by atoms with Crippen LogP contribution in [0.1, 0.15) is 12.7 Å². The number of hydrogen-bond donors (Lipinski definition) is 2. The van der Waals surface area contributed by atoms with Crippen LogP contribution in [0.5, 0.6) is 0 Å². The molecule has 0 aliphatic heterocycles.